The summed E-state index contributed by atoms with van der Waals surface area (Å²) >= 11 is 9.44. The van der Waals surface area contributed by atoms with Crippen LogP contribution in [0.1, 0.15) is 5.56 Å². The summed E-state index contributed by atoms with van der Waals surface area (Å²) in [6.07, 6.45) is 1.47. The highest BCUT2D eigenvalue weighted by atomic mass is 79.9. The van der Waals surface area contributed by atoms with Gasteiger partial charge in [-0.05, 0) is 51.8 Å². The van der Waals surface area contributed by atoms with Crippen LogP contribution in [-0.2, 0) is 4.79 Å². The number of carbonyl (C=O) groups is 1. The monoisotopic (exact) mass is 390 g/mol. The topological polar surface area (TPSA) is 62.1 Å². The average Bonchev–Trinajstić information content (AvgIpc) is 2.53. The molecule has 1 N–H and O–H groups in total. The normalized spacial score (nSPS) is 10.8. The standard InChI is InChI=1S/C17H12BrClN2O2/c1-23-16-14(18)8-11(9-15(16)19)7-12(10-20)17(22)21-13-5-3-2-4-6-13/h2-9H,1H3,(H,21,22)/b12-7-. The molecule has 0 atom stereocenters. The van der Waals surface area contributed by atoms with E-state index in [9.17, 15) is 10.1 Å². The van der Waals surface area contributed by atoms with Gasteiger partial charge in [0, 0.05) is 5.69 Å². The van der Waals surface area contributed by atoms with E-state index in [0.717, 1.165) is 0 Å². The fourth-order valence-electron chi connectivity index (χ4n) is 1.89. The molecule has 0 saturated heterocycles. The van der Waals surface area contributed by atoms with E-state index < -0.39 is 5.91 Å². The Morgan fingerprint density at radius 3 is 2.61 bits per heavy atom. The van der Waals surface area contributed by atoms with Gasteiger partial charge in [0.2, 0.25) is 0 Å². The highest BCUT2D eigenvalue weighted by molar-refractivity contribution is 9.10. The van der Waals surface area contributed by atoms with E-state index in [4.69, 9.17) is 16.3 Å². The Hall–Kier alpha value is -2.29. The third-order valence-corrected chi connectivity index (χ3v) is 3.80. The number of carbonyl (C=O) groups excluding carboxylic acids is 1. The van der Waals surface area contributed by atoms with Crippen molar-refractivity contribution in [3.05, 3.63) is 63.1 Å². The number of halogens is 2. The van der Waals surface area contributed by atoms with Crippen molar-refractivity contribution in [1.82, 2.24) is 0 Å². The second-order valence-electron chi connectivity index (χ2n) is 4.51. The molecule has 23 heavy (non-hydrogen) atoms. The van der Waals surface area contributed by atoms with Crippen molar-refractivity contribution in [3.8, 4) is 11.8 Å². The molecule has 0 saturated carbocycles. The molecule has 116 valence electrons. The summed E-state index contributed by atoms with van der Waals surface area (Å²) in [7, 11) is 1.51. The molecule has 2 rings (SSSR count). The van der Waals surface area contributed by atoms with Gasteiger partial charge in [-0.3, -0.25) is 4.79 Å². The molecule has 0 aliphatic rings. The number of nitrogens with one attached hydrogen (secondary N) is 1. The number of methoxy groups -OCH3 is 1. The van der Waals surface area contributed by atoms with Gasteiger partial charge >= 0.3 is 0 Å². The molecule has 0 aliphatic heterocycles. The maximum absolute atomic E-state index is 12.2. The fraction of sp³-hybridized carbons (Fsp3) is 0.0588. The fourth-order valence-corrected chi connectivity index (χ4v) is 2.95. The predicted molar refractivity (Wildman–Crippen MR) is 94.4 cm³/mol. The summed E-state index contributed by atoms with van der Waals surface area (Å²) in [5.41, 5.74) is 1.21. The Morgan fingerprint density at radius 2 is 2.04 bits per heavy atom. The van der Waals surface area contributed by atoms with Crippen LogP contribution >= 0.6 is 27.5 Å². The van der Waals surface area contributed by atoms with Crippen molar-refractivity contribution in [2.24, 2.45) is 0 Å². The average molecular weight is 392 g/mol. The van der Waals surface area contributed by atoms with E-state index in [2.05, 4.69) is 21.2 Å². The molecule has 0 fully saturated rings. The van der Waals surface area contributed by atoms with E-state index in [1.165, 1.54) is 13.2 Å². The summed E-state index contributed by atoms with van der Waals surface area (Å²) < 4.78 is 5.78. The molecule has 1 amide bonds. The lowest BCUT2D eigenvalue weighted by atomic mass is 10.1. The van der Waals surface area contributed by atoms with Crippen LogP contribution in [0.5, 0.6) is 5.75 Å². The van der Waals surface area contributed by atoms with Gasteiger partial charge in [-0.2, -0.15) is 5.26 Å². The summed E-state index contributed by atoms with van der Waals surface area (Å²) in [6, 6.07) is 14.2. The van der Waals surface area contributed by atoms with Gasteiger partial charge in [-0.1, -0.05) is 29.8 Å². The number of ether oxygens (including phenoxy) is 1. The quantitative estimate of drug-likeness (QED) is 0.609. The number of hydrogen-bond acceptors (Lipinski definition) is 3. The Morgan fingerprint density at radius 1 is 1.35 bits per heavy atom. The zero-order valence-corrected chi connectivity index (χ0v) is 14.5. The molecule has 0 aliphatic carbocycles. The van der Waals surface area contributed by atoms with E-state index in [1.807, 2.05) is 12.1 Å². The highest BCUT2D eigenvalue weighted by Gasteiger charge is 2.12. The SMILES string of the molecule is COc1c(Cl)cc(/C=C(/C#N)C(=O)Nc2ccccc2)cc1Br. The number of hydrogen-bond donors (Lipinski definition) is 1. The molecular weight excluding hydrogens is 380 g/mol. The predicted octanol–water partition coefficient (Wildman–Crippen LogP) is 4.66. The number of benzene rings is 2. The summed E-state index contributed by atoms with van der Waals surface area (Å²) in [5, 5.41) is 12.3. The van der Waals surface area contributed by atoms with Crippen LogP contribution in [0.3, 0.4) is 0 Å². The summed E-state index contributed by atoms with van der Waals surface area (Å²) in [4.78, 5) is 12.2. The Balaban J connectivity index is 2.29. The first kappa shape index (κ1) is 17.1. The van der Waals surface area contributed by atoms with Crippen molar-refractivity contribution in [2.45, 2.75) is 0 Å². The molecule has 2 aromatic carbocycles. The first-order chi connectivity index (χ1) is 11.0. The molecule has 0 spiro atoms. The summed E-state index contributed by atoms with van der Waals surface area (Å²) in [5.74, 6) is 0.0119. The van der Waals surface area contributed by atoms with Crippen molar-refractivity contribution in [3.63, 3.8) is 0 Å². The number of rotatable bonds is 4. The molecule has 2 aromatic rings. The van der Waals surface area contributed by atoms with E-state index in [1.54, 1.807) is 36.4 Å². The second-order valence-corrected chi connectivity index (χ2v) is 5.77. The number of nitriles is 1. The van der Waals surface area contributed by atoms with Crippen LogP contribution in [0.4, 0.5) is 5.69 Å². The van der Waals surface area contributed by atoms with Crippen LogP contribution in [0.25, 0.3) is 6.08 Å². The largest absolute Gasteiger partial charge is 0.494 e. The maximum Gasteiger partial charge on any atom is 0.266 e. The lowest BCUT2D eigenvalue weighted by molar-refractivity contribution is -0.112. The third-order valence-electron chi connectivity index (χ3n) is 2.93. The van der Waals surface area contributed by atoms with Gasteiger partial charge in [0.25, 0.3) is 5.91 Å². The van der Waals surface area contributed by atoms with E-state index in [0.29, 0.717) is 26.5 Å². The third kappa shape index (κ3) is 4.35. The highest BCUT2D eigenvalue weighted by Crippen LogP contribution is 2.34. The van der Waals surface area contributed by atoms with E-state index in [-0.39, 0.29) is 5.57 Å². The van der Waals surface area contributed by atoms with Crippen LogP contribution in [-0.4, -0.2) is 13.0 Å². The smallest absolute Gasteiger partial charge is 0.266 e. The number of nitrogens with zero attached hydrogens (tertiary/aromatic N) is 1. The zero-order chi connectivity index (χ0) is 16.8. The molecule has 0 heterocycles. The van der Waals surface area contributed by atoms with Crippen molar-refractivity contribution in [1.29, 1.82) is 5.26 Å². The van der Waals surface area contributed by atoms with Gasteiger partial charge in [-0.25, -0.2) is 0 Å². The minimum Gasteiger partial charge on any atom is -0.494 e. The molecule has 0 bridgehead atoms. The maximum atomic E-state index is 12.2. The van der Waals surface area contributed by atoms with Gasteiger partial charge in [0.05, 0.1) is 16.6 Å². The zero-order valence-electron chi connectivity index (χ0n) is 12.1. The first-order valence-corrected chi connectivity index (χ1v) is 7.73. The van der Waals surface area contributed by atoms with Gasteiger partial charge in [-0.15, -0.1) is 0 Å². The van der Waals surface area contributed by atoms with E-state index >= 15 is 0 Å². The van der Waals surface area contributed by atoms with Crippen molar-refractivity contribution >= 4 is 45.2 Å². The van der Waals surface area contributed by atoms with Crippen LogP contribution < -0.4 is 10.1 Å². The Bertz CT molecular complexity index is 775. The van der Waals surface area contributed by atoms with Crippen LogP contribution in [0.2, 0.25) is 5.02 Å². The van der Waals surface area contributed by atoms with Gasteiger partial charge in [0.15, 0.2) is 5.75 Å². The summed E-state index contributed by atoms with van der Waals surface area (Å²) in [6.45, 7) is 0. The van der Waals surface area contributed by atoms with Crippen molar-refractivity contribution < 1.29 is 9.53 Å². The number of para-hydroxylation sites is 1. The van der Waals surface area contributed by atoms with Crippen molar-refractivity contribution in [2.75, 3.05) is 12.4 Å². The van der Waals surface area contributed by atoms with Crippen LogP contribution in [0, 0.1) is 11.3 Å². The lowest BCUT2D eigenvalue weighted by Gasteiger charge is -2.07. The number of amides is 1. The molecule has 0 unspecified atom stereocenters. The van der Waals surface area contributed by atoms with Gasteiger partial charge < -0.3 is 10.1 Å². The van der Waals surface area contributed by atoms with Crippen LogP contribution in [0.15, 0.2) is 52.5 Å². The minimum atomic E-state index is -0.484. The first-order valence-electron chi connectivity index (χ1n) is 6.56. The molecule has 0 aromatic heterocycles. The number of anilines is 1. The second kappa shape index (κ2) is 7.82. The molecule has 4 nitrogen and oxygen atoms in total. The Kier molecular flexibility index (Phi) is 5.80. The lowest BCUT2D eigenvalue weighted by Crippen LogP contribution is -2.13. The van der Waals surface area contributed by atoms with Gasteiger partial charge in [0.1, 0.15) is 11.6 Å². The molecule has 0 radical (unpaired) electrons. The Labute approximate surface area is 147 Å². The molecule has 6 heteroatoms. The minimum absolute atomic E-state index is 0.0259. The molecular formula is C17H12BrClN2O2.